The smallest absolute Gasteiger partial charge is 0.307 e. The first kappa shape index (κ1) is 17.0. The lowest BCUT2D eigenvalue weighted by atomic mass is 10.1. The zero-order chi connectivity index (χ0) is 17.0. The molecule has 1 heterocycles. The molecular formula is C17H16F3NO2. The van der Waals surface area contributed by atoms with Gasteiger partial charge in [0.25, 0.3) is 5.56 Å². The molecule has 0 bridgehead atoms. The maximum Gasteiger partial charge on any atom is 0.417 e. The van der Waals surface area contributed by atoms with E-state index >= 15 is 0 Å². The fraction of sp³-hybridized carbons (Fsp3) is 0.294. The molecule has 0 saturated carbocycles. The summed E-state index contributed by atoms with van der Waals surface area (Å²) in [5.41, 5.74) is -0.147. The predicted octanol–water partition coefficient (Wildman–Crippen LogP) is 3.70. The highest BCUT2D eigenvalue weighted by Gasteiger charge is 2.31. The Kier molecular flexibility index (Phi) is 5.03. The van der Waals surface area contributed by atoms with E-state index in [9.17, 15) is 22.8 Å². The Balaban J connectivity index is 2.21. The van der Waals surface area contributed by atoms with Crippen molar-refractivity contribution in [2.75, 3.05) is 0 Å². The number of alkyl halides is 3. The van der Waals surface area contributed by atoms with Gasteiger partial charge in [-0.05, 0) is 18.1 Å². The van der Waals surface area contributed by atoms with E-state index in [4.69, 9.17) is 0 Å². The zero-order valence-corrected chi connectivity index (χ0v) is 12.6. The second kappa shape index (κ2) is 6.81. The molecule has 0 aliphatic carbocycles. The summed E-state index contributed by atoms with van der Waals surface area (Å²) in [5.74, 6) is -0.408. The van der Waals surface area contributed by atoms with E-state index in [0.29, 0.717) is 17.8 Å². The molecular weight excluding hydrogens is 307 g/mol. The van der Waals surface area contributed by atoms with Gasteiger partial charge in [-0.1, -0.05) is 37.6 Å². The van der Waals surface area contributed by atoms with Crippen molar-refractivity contribution in [3.05, 3.63) is 69.6 Å². The van der Waals surface area contributed by atoms with Crippen molar-refractivity contribution in [1.82, 2.24) is 4.57 Å². The number of hydrogen-bond donors (Lipinski definition) is 0. The first-order valence-corrected chi connectivity index (χ1v) is 7.21. The number of ketones is 1. The van der Waals surface area contributed by atoms with Crippen LogP contribution >= 0.6 is 0 Å². The molecule has 0 aliphatic heterocycles. The van der Waals surface area contributed by atoms with E-state index in [2.05, 4.69) is 0 Å². The molecule has 23 heavy (non-hydrogen) atoms. The molecule has 3 nitrogen and oxygen atoms in total. The molecule has 0 spiro atoms. The molecule has 122 valence electrons. The van der Waals surface area contributed by atoms with Gasteiger partial charge >= 0.3 is 6.18 Å². The van der Waals surface area contributed by atoms with Crippen molar-refractivity contribution in [2.45, 2.75) is 32.5 Å². The van der Waals surface area contributed by atoms with Crippen LogP contribution in [0.15, 0.2) is 47.4 Å². The van der Waals surface area contributed by atoms with Crippen molar-refractivity contribution >= 4 is 5.78 Å². The van der Waals surface area contributed by atoms with Crippen molar-refractivity contribution in [2.24, 2.45) is 0 Å². The van der Waals surface area contributed by atoms with Crippen molar-refractivity contribution in [3.63, 3.8) is 0 Å². The molecule has 0 N–H and O–H groups in total. The number of pyridine rings is 1. The summed E-state index contributed by atoms with van der Waals surface area (Å²) >= 11 is 0. The lowest BCUT2D eigenvalue weighted by Crippen LogP contribution is -2.25. The quantitative estimate of drug-likeness (QED) is 0.787. The van der Waals surface area contributed by atoms with Crippen LogP contribution in [0.3, 0.4) is 0 Å². The van der Waals surface area contributed by atoms with Gasteiger partial charge in [-0.15, -0.1) is 0 Å². The molecule has 0 fully saturated rings. The van der Waals surface area contributed by atoms with E-state index < -0.39 is 29.6 Å². The highest BCUT2D eigenvalue weighted by atomic mass is 19.4. The molecule has 0 radical (unpaired) electrons. The fourth-order valence-electron chi connectivity index (χ4n) is 2.21. The second-order valence-corrected chi connectivity index (χ2v) is 5.25. The van der Waals surface area contributed by atoms with Crippen LogP contribution in [0.4, 0.5) is 13.2 Å². The molecule has 0 aliphatic rings. The third-order valence-corrected chi connectivity index (χ3v) is 3.44. The van der Waals surface area contributed by atoms with Gasteiger partial charge < -0.3 is 4.57 Å². The van der Waals surface area contributed by atoms with Gasteiger partial charge in [0, 0.05) is 17.8 Å². The third kappa shape index (κ3) is 4.31. The topological polar surface area (TPSA) is 39.1 Å². The molecule has 0 unspecified atom stereocenters. The van der Waals surface area contributed by atoms with E-state index in [1.54, 1.807) is 12.1 Å². The number of nitrogens with zero attached hydrogens (tertiary/aromatic N) is 1. The molecule has 2 aromatic rings. The number of carbonyl (C=O) groups is 1. The number of rotatable bonds is 5. The fourth-order valence-corrected chi connectivity index (χ4v) is 2.21. The first-order chi connectivity index (χ1) is 10.8. The standard InChI is InChI=1S/C17H16F3NO2/c1-2-3-12-4-6-13(7-5-12)15(22)11-21-10-14(17(18,19)20)8-9-16(21)23/h4-10H,2-3,11H2,1H3. The average molecular weight is 323 g/mol. The highest BCUT2D eigenvalue weighted by Crippen LogP contribution is 2.28. The van der Waals surface area contributed by atoms with Crippen LogP contribution < -0.4 is 5.56 Å². The molecule has 1 aromatic carbocycles. The Hall–Kier alpha value is -2.37. The Morgan fingerprint density at radius 3 is 2.30 bits per heavy atom. The van der Waals surface area contributed by atoms with E-state index in [-0.39, 0.29) is 0 Å². The lowest BCUT2D eigenvalue weighted by molar-refractivity contribution is -0.138. The highest BCUT2D eigenvalue weighted by molar-refractivity contribution is 5.95. The molecule has 2 rings (SSSR count). The van der Waals surface area contributed by atoms with Crippen LogP contribution in [0.1, 0.15) is 34.8 Å². The monoisotopic (exact) mass is 323 g/mol. The van der Waals surface area contributed by atoms with Gasteiger partial charge in [0.1, 0.15) is 0 Å². The maximum atomic E-state index is 12.7. The number of Topliss-reactive ketones (excluding diaryl/α,β-unsaturated/α-hetero) is 1. The molecule has 1 aromatic heterocycles. The zero-order valence-electron chi connectivity index (χ0n) is 12.6. The molecule has 0 amide bonds. The number of aryl methyl sites for hydroxylation is 1. The minimum atomic E-state index is -4.56. The summed E-state index contributed by atoms with van der Waals surface area (Å²) in [7, 11) is 0. The van der Waals surface area contributed by atoms with Crippen LogP contribution in [0.25, 0.3) is 0 Å². The van der Waals surface area contributed by atoms with Gasteiger partial charge in [-0.25, -0.2) is 0 Å². The van der Waals surface area contributed by atoms with Crippen LogP contribution in [0, 0.1) is 0 Å². The number of benzene rings is 1. The van der Waals surface area contributed by atoms with Crippen LogP contribution in [-0.4, -0.2) is 10.4 Å². The van der Waals surface area contributed by atoms with Gasteiger partial charge in [-0.3, -0.25) is 9.59 Å². The third-order valence-electron chi connectivity index (χ3n) is 3.44. The average Bonchev–Trinajstić information content (AvgIpc) is 2.49. The number of aromatic nitrogens is 1. The van der Waals surface area contributed by atoms with Crippen LogP contribution in [0.5, 0.6) is 0 Å². The Labute approximate surface area is 131 Å². The van der Waals surface area contributed by atoms with E-state index in [1.165, 1.54) is 0 Å². The minimum Gasteiger partial charge on any atom is -0.307 e. The van der Waals surface area contributed by atoms with E-state index in [0.717, 1.165) is 29.0 Å². The summed E-state index contributed by atoms with van der Waals surface area (Å²) in [6.45, 7) is 1.62. The summed E-state index contributed by atoms with van der Waals surface area (Å²) in [4.78, 5) is 23.8. The first-order valence-electron chi connectivity index (χ1n) is 7.21. The normalized spacial score (nSPS) is 11.5. The lowest BCUT2D eigenvalue weighted by Gasteiger charge is -2.10. The summed E-state index contributed by atoms with van der Waals surface area (Å²) in [6.07, 6.45) is -2.01. The maximum absolute atomic E-state index is 12.7. The van der Waals surface area contributed by atoms with Gasteiger partial charge in [-0.2, -0.15) is 13.2 Å². The van der Waals surface area contributed by atoms with Gasteiger partial charge in [0.05, 0.1) is 12.1 Å². The van der Waals surface area contributed by atoms with Crippen molar-refractivity contribution in [1.29, 1.82) is 0 Å². The van der Waals surface area contributed by atoms with E-state index in [1.807, 2.05) is 19.1 Å². The summed E-state index contributed by atoms with van der Waals surface area (Å²) in [5, 5.41) is 0. The predicted molar refractivity (Wildman–Crippen MR) is 80.5 cm³/mol. The Morgan fingerprint density at radius 1 is 1.09 bits per heavy atom. The SMILES string of the molecule is CCCc1ccc(C(=O)Cn2cc(C(F)(F)F)ccc2=O)cc1. The van der Waals surface area contributed by atoms with Crippen molar-refractivity contribution < 1.29 is 18.0 Å². The number of carbonyl (C=O) groups excluding carboxylic acids is 1. The second-order valence-electron chi connectivity index (χ2n) is 5.25. The number of halogens is 3. The van der Waals surface area contributed by atoms with Crippen LogP contribution in [-0.2, 0) is 19.1 Å². The number of hydrogen-bond acceptors (Lipinski definition) is 2. The van der Waals surface area contributed by atoms with Crippen LogP contribution in [0.2, 0.25) is 0 Å². The largest absolute Gasteiger partial charge is 0.417 e. The Bertz CT molecular complexity index is 746. The summed E-state index contributed by atoms with van der Waals surface area (Å²) in [6, 6.07) is 8.42. The summed E-state index contributed by atoms with van der Waals surface area (Å²) < 4.78 is 38.8. The molecule has 0 atom stereocenters. The van der Waals surface area contributed by atoms with Gasteiger partial charge in [0.15, 0.2) is 5.78 Å². The minimum absolute atomic E-state index is 0.370. The Morgan fingerprint density at radius 2 is 1.74 bits per heavy atom. The molecule has 6 heteroatoms. The van der Waals surface area contributed by atoms with Crippen molar-refractivity contribution in [3.8, 4) is 0 Å². The van der Waals surface area contributed by atoms with Gasteiger partial charge in [0.2, 0.25) is 0 Å². The molecule has 0 saturated heterocycles.